The molecule has 0 aliphatic heterocycles. The van der Waals surface area contributed by atoms with Gasteiger partial charge < -0.3 is 14.8 Å². The smallest absolute Gasteiger partial charge is 0.338 e. The normalized spacial score (nSPS) is 12.0. The van der Waals surface area contributed by atoms with Gasteiger partial charge in [0.1, 0.15) is 0 Å². The Morgan fingerprint density at radius 3 is 2.44 bits per heavy atom. The zero-order valence-electron chi connectivity index (χ0n) is 14.7. The maximum absolute atomic E-state index is 12.1. The SMILES string of the molecule is CC(C)OCc1ccc(C(=O)O[C@H](C)C(=O)NCc2cccs2)cc1. The molecule has 0 aliphatic carbocycles. The lowest BCUT2D eigenvalue weighted by Crippen LogP contribution is -2.35. The number of ether oxygens (including phenoxy) is 2. The van der Waals surface area contributed by atoms with E-state index in [1.165, 1.54) is 0 Å². The maximum atomic E-state index is 12.1. The first-order chi connectivity index (χ1) is 12.0. The van der Waals surface area contributed by atoms with E-state index in [9.17, 15) is 9.59 Å². The Morgan fingerprint density at radius 2 is 1.84 bits per heavy atom. The Morgan fingerprint density at radius 1 is 1.12 bits per heavy atom. The molecule has 1 amide bonds. The summed E-state index contributed by atoms with van der Waals surface area (Å²) in [6.45, 7) is 6.43. The minimum absolute atomic E-state index is 0.151. The van der Waals surface area contributed by atoms with Crippen molar-refractivity contribution in [2.75, 3.05) is 0 Å². The van der Waals surface area contributed by atoms with Crippen LogP contribution in [0.3, 0.4) is 0 Å². The van der Waals surface area contributed by atoms with Crippen molar-refractivity contribution in [3.05, 3.63) is 57.8 Å². The number of carbonyl (C=O) groups excluding carboxylic acids is 2. The van der Waals surface area contributed by atoms with Gasteiger partial charge in [0.15, 0.2) is 6.10 Å². The first-order valence-corrected chi connectivity index (χ1v) is 9.05. The van der Waals surface area contributed by atoms with Crippen molar-refractivity contribution in [2.45, 2.75) is 46.1 Å². The Labute approximate surface area is 152 Å². The molecule has 0 spiro atoms. The highest BCUT2D eigenvalue weighted by Gasteiger charge is 2.18. The standard InChI is InChI=1S/C19H23NO4S/c1-13(2)23-12-15-6-8-16(9-7-15)19(22)24-14(3)18(21)20-11-17-5-4-10-25-17/h4-10,13-14H,11-12H2,1-3H3,(H,20,21)/t14-/m1/s1. The number of rotatable bonds is 8. The zero-order valence-corrected chi connectivity index (χ0v) is 15.5. The van der Waals surface area contributed by atoms with Crippen molar-refractivity contribution in [1.29, 1.82) is 0 Å². The van der Waals surface area contributed by atoms with Crippen molar-refractivity contribution in [3.63, 3.8) is 0 Å². The minimum Gasteiger partial charge on any atom is -0.449 e. The van der Waals surface area contributed by atoms with E-state index >= 15 is 0 Å². The molecule has 1 heterocycles. The third-order valence-electron chi connectivity index (χ3n) is 3.44. The molecule has 5 nitrogen and oxygen atoms in total. The summed E-state index contributed by atoms with van der Waals surface area (Å²) in [4.78, 5) is 25.2. The third kappa shape index (κ3) is 6.32. The Balaban J connectivity index is 1.82. The summed E-state index contributed by atoms with van der Waals surface area (Å²) in [6, 6.07) is 10.9. The second-order valence-electron chi connectivity index (χ2n) is 5.90. The van der Waals surface area contributed by atoms with Gasteiger partial charge >= 0.3 is 5.97 Å². The molecular weight excluding hydrogens is 338 g/mol. The Kier molecular flexibility index (Phi) is 7.16. The molecule has 0 unspecified atom stereocenters. The van der Waals surface area contributed by atoms with Crippen LogP contribution in [-0.2, 0) is 27.4 Å². The fourth-order valence-corrected chi connectivity index (χ4v) is 2.66. The number of esters is 1. The summed E-state index contributed by atoms with van der Waals surface area (Å²) in [7, 11) is 0. The van der Waals surface area contributed by atoms with Crippen LogP contribution in [0.1, 0.15) is 41.6 Å². The second kappa shape index (κ2) is 9.34. The third-order valence-corrected chi connectivity index (χ3v) is 4.32. The summed E-state index contributed by atoms with van der Waals surface area (Å²) in [6.07, 6.45) is -0.699. The van der Waals surface area contributed by atoms with Crippen molar-refractivity contribution < 1.29 is 19.1 Å². The lowest BCUT2D eigenvalue weighted by molar-refractivity contribution is -0.129. The molecule has 0 fully saturated rings. The predicted octanol–water partition coefficient (Wildman–Crippen LogP) is 3.53. The summed E-state index contributed by atoms with van der Waals surface area (Å²) in [5.41, 5.74) is 1.39. The molecule has 1 aromatic carbocycles. The van der Waals surface area contributed by atoms with Crippen molar-refractivity contribution >= 4 is 23.2 Å². The quantitative estimate of drug-likeness (QED) is 0.731. The number of carbonyl (C=O) groups is 2. The Bertz CT molecular complexity index is 680. The van der Waals surface area contributed by atoms with E-state index in [2.05, 4.69) is 5.32 Å². The molecule has 6 heteroatoms. The zero-order chi connectivity index (χ0) is 18.2. The fraction of sp³-hybridized carbons (Fsp3) is 0.368. The Hall–Kier alpha value is -2.18. The van der Waals surface area contributed by atoms with Gasteiger partial charge in [-0.15, -0.1) is 11.3 Å². The van der Waals surface area contributed by atoms with Crippen LogP contribution in [0.4, 0.5) is 0 Å². The van der Waals surface area contributed by atoms with Crippen LogP contribution in [0.25, 0.3) is 0 Å². The minimum atomic E-state index is -0.851. The van der Waals surface area contributed by atoms with Gasteiger partial charge in [0, 0.05) is 4.88 Å². The summed E-state index contributed by atoms with van der Waals surface area (Å²) >= 11 is 1.56. The molecule has 1 N–H and O–H groups in total. The lowest BCUT2D eigenvalue weighted by atomic mass is 10.1. The van der Waals surface area contributed by atoms with Gasteiger partial charge in [-0.1, -0.05) is 18.2 Å². The molecule has 1 atom stereocenters. The van der Waals surface area contributed by atoms with Gasteiger partial charge in [-0.05, 0) is 49.9 Å². The molecule has 0 radical (unpaired) electrons. The van der Waals surface area contributed by atoms with Crippen LogP contribution in [0, 0.1) is 0 Å². The van der Waals surface area contributed by atoms with Gasteiger partial charge in [0.05, 0.1) is 24.8 Å². The fourth-order valence-electron chi connectivity index (χ4n) is 2.01. The van der Waals surface area contributed by atoms with Crippen LogP contribution >= 0.6 is 11.3 Å². The summed E-state index contributed by atoms with van der Waals surface area (Å²) < 4.78 is 10.7. The van der Waals surface area contributed by atoms with E-state index in [1.54, 1.807) is 30.4 Å². The highest BCUT2D eigenvalue weighted by atomic mass is 32.1. The second-order valence-corrected chi connectivity index (χ2v) is 6.93. The van der Waals surface area contributed by atoms with E-state index < -0.39 is 12.1 Å². The highest BCUT2D eigenvalue weighted by Crippen LogP contribution is 2.10. The van der Waals surface area contributed by atoms with E-state index in [-0.39, 0.29) is 12.0 Å². The van der Waals surface area contributed by atoms with Crippen LogP contribution in [0.15, 0.2) is 41.8 Å². The molecule has 25 heavy (non-hydrogen) atoms. The van der Waals surface area contributed by atoms with E-state index in [4.69, 9.17) is 9.47 Å². The molecule has 2 rings (SSSR count). The molecule has 0 aliphatic rings. The van der Waals surface area contributed by atoms with Crippen molar-refractivity contribution in [3.8, 4) is 0 Å². The van der Waals surface area contributed by atoms with E-state index in [0.29, 0.717) is 18.7 Å². The largest absolute Gasteiger partial charge is 0.449 e. The molecule has 0 bridgehead atoms. The average Bonchev–Trinajstić information content (AvgIpc) is 3.11. The van der Waals surface area contributed by atoms with E-state index in [0.717, 1.165) is 10.4 Å². The molecule has 134 valence electrons. The first-order valence-electron chi connectivity index (χ1n) is 8.17. The molecule has 2 aromatic rings. The molecule has 0 saturated heterocycles. The highest BCUT2D eigenvalue weighted by molar-refractivity contribution is 7.09. The number of nitrogens with one attached hydrogen (secondary N) is 1. The van der Waals surface area contributed by atoms with Gasteiger partial charge in [0.2, 0.25) is 0 Å². The first kappa shape index (κ1) is 19.1. The number of benzene rings is 1. The van der Waals surface area contributed by atoms with Crippen molar-refractivity contribution in [2.24, 2.45) is 0 Å². The number of amides is 1. The van der Waals surface area contributed by atoms with Crippen LogP contribution in [0.2, 0.25) is 0 Å². The van der Waals surface area contributed by atoms with E-state index in [1.807, 2.05) is 43.5 Å². The number of hydrogen-bond acceptors (Lipinski definition) is 5. The van der Waals surface area contributed by atoms with Gasteiger partial charge in [-0.3, -0.25) is 4.79 Å². The van der Waals surface area contributed by atoms with Crippen LogP contribution in [-0.4, -0.2) is 24.1 Å². The van der Waals surface area contributed by atoms with Crippen molar-refractivity contribution in [1.82, 2.24) is 5.32 Å². The number of hydrogen-bond donors (Lipinski definition) is 1. The van der Waals surface area contributed by atoms with Crippen LogP contribution in [0.5, 0.6) is 0 Å². The predicted molar refractivity (Wildman–Crippen MR) is 97.4 cm³/mol. The topological polar surface area (TPSA) is 64.6 Å². The lowest BCUT2D eigenvalue weighted by Gasteiger charge is -2.13. The molecule has 1 aromatic heterocycles. The summed E-state index contributed by atoms with van der Waals surface area (Å²) in [5.74, 6) is -0.834. The summed E-state index contributed by atoms with van der Waals surface area (Å²) in [5, 5.41) is 4.70. The van der Waals surface area contributed by atoms with Gasteiger partial charge in [-0.2, -0.15) is 0 Å². The molecular formula is C19H23NO4S. The maximum Gasteiger partial charge on any atom is 0.338 e. The molecule has 0 saturated carbocycles. The monoisotopic (exact) mass is 361 g/mol. The van der Waals surface area contributed by atoms with Crippen LogP contribution < -0.4 is 5.32 Å². The van der Waals surface area contributed by atoms with Gasteiger partial charge in [-0.25, -0.2) is 4.79 Å². The average molecular weight is 361 g/mol. The van der Waals surface area contributed by atoms with Gasteiger partial charge in [0.25, 0.3) is 5.91 Å². The number of thiophene rings is 1.